The fraction of sp³-hybridized carbons (Fsp3) is 0.308. The molecule has 0 fully saturated rings. The first-order chi connectivity index (χ1) is 12.1. The van der Waals surface area contributed by atoms with Crippen LogP contribution >= 0.6 is 11.3 Å². The van der Waals surface area contributed by atoms with Gasteiger partial charge >= 0.3 is 6.18 Å². The number of hydrogen-bond acceptors (Lipinski definition) is 7. The number of nitrogens with zero attached hydrogens (tertiary/aromatic N) is 2. The molecule has 2 N–H and O–H groups in total. The van der Waals surface area contributed by atoms with Crippen molar-refractivity contribution in [2.75, 3.05) is 19.0 Å². The smallest absolute Gasteiger partial charge is 0.445 e. The highest BCUT2D eigenvalue weighted by Crippen LogP contribution is 2.32. The van der Waals surface area contributed by atoms with Crippen molar-refractivity contribution in [2.45, 2.75) is 17.5 Å². The van der Waals surface area contributed by atoms with E-state index in [-0.39, 0.29) is 34.3 Å². The fourth-order valence-corrected chi connectivity index (χ4v) is 3.37. The van der Waals surface area contributed by atoms with Crippen molar-refractivity contribution in [1.82, 2.24) is 14.9 Å². The highest BCUT2D eigenvalue weighted by atomic mass is 32.2. The largest absolute Gasteiger partial charge is 0.497 e. The number of hydrogen-bond donors (Lipinski definition) is 2. The summed E-state index contributed by atoms with van der Waals surface area (Å²) in [6.45, 7) is -0.245. The van der Waals surface area contributed by atoms with E-state index in [2.05, 4.69) is 20.2 Å². The molecule has 142 valence electrons. The number of benzene rings is 1. The van der Waals surface area contributed by atoms with Gasteiger partial charge in [0, 0.05) is 13.0 Å². The number of carbonyl (C=O) groups is 1. The van der Waals surface area contributed by atoms with Crippen LogP contribution in [0.5, 0.6) is 5.75 Å². The molecule has 0 aliphatic heterocycles. The van der Waals surface area contributed by atoms with Gasteiger partial charge in [0.25, 0.3) is 0 Å². The summed E-state index contributed by atoms with van der Waals surface area (Å²) in [5.74, 6) is -0.217. The van der Waals surface area contributed by atoms with Gasteiger partial charge in [-0.15, -0.1) is 10.2 Å². The van der Waals surface area contributed by atoms with E-state index in [9.17, 15) is 26.4 Å². The Balaban J connectivity index is 1.86. The van der Waals surface area contributed by atoms with Crippen molar-refractivity contribution in [3.05, 3.63) is 29.3 Å². The minimum absolute atomic E-state index is 0.0161. The van der Waals surface area contributed by atoms with Crippen LogP contribution in [-0.2, 0) is 21.0 Å². The lowest BCUT2D eigenvalue weighted by Crippen LogP contribution is -2.27. The Morgan fingerprint density at radius 3 is 2.42 bits per heavy atom. The van der Waals surface area contributed by atoms with E-state index in [1.165, 1.54) is 31.4 Å². The van der Waals surface area contributed by atoms with E-state index in [1.807, 2.05) is 0 Å². The van der Waals surface area contributed by atoms with Gasteiger partial charge in [-0.3, -0.25) is 4.79 Å². The average Bonchev–Trinajstić information content (AvgIpc) is 3.03. The number of amides is 1. The number of methoxy groups -OCH3 is 1. The van der Waals surface area contributed by atoms with Crippen LogP contribution < -0.4 is 14.8 Å². The standard InChI is InChI=1S/C13H13F3N4O4S2/c1-24-8-2-4-9(5-3-8)26(22,23)17-7-6-10(21)18-12-20-19-11(25-12)13(14,15)16/h2-5,17H,6-7H2,1H3,(H,18,20,21). The molecule has 0 aliphatic rings. The van der Waals surface area contributed by atoms with Crippen molar-refractivity contribution in [3.8, 4) is 5.75 Å². The number of alkyl halides is 3. The molecule has 0 unspecified atom stereocenters. The summed E-state index contributed by atoms with van der Waals surface area (Å²) in [6.07, 6.45) is -4.94. The van der Waals surface area contributed by atoms with E-state index in [1.54, 1.807) is 0 Å². The van der Waals surface area contributed by atoms with Crippen LogP contribution in [0, 0.1) is 0 Å². The third kappa shape index (κ3) is 5.37. The molecule has 13 heteroatoms. The molecule has 1 amide bonds. The van der Waals surface area contributed by atoms with E-state index in [0.717, 1.165) is 0 Å². The first-order valence-electron chi connectivity index (χ1n) is 6.96. The molecule has 0 saturated carbocycles. The van der Waals surface area contributed by atoms with Crippen molar-refractivity contribution < 1.29 is 31.1 Å². The zero-order valence-corrected chi connectivity index (χ0v) is 14.8. The molecule has 26 heavy (non-hydrogen) atoms. The maximum Gasteiger partial charge on any atom is 0.445 e. The number of carbonyl (C=O) groups excluding carboxylic acids is 1. The van der Waals surface area contributed by atoms with Crippen molar-refractivity contribution in [1.29, 1.82) is 0 Å². The topological polar surface area (TPSA) is 110 Å². The van der Waals surface area contributed by atoms with Crippen LogP contribution in [0.15, 0.2) is 29.2 Å². The Labute approximate surface area is 150 Å². The molecular formula is C13H13F3N4O4S2. The van der Waals surface area contributed by atoms with Crippen LogP contribution in [0.1, 0.15) is 11.4 Å². The van der Waals surface area contributed by atoms with Gasteiger partial charge in [-0.25, -0.2) is 13.1 Å². The summed E-state index contributed by atoms with van der Waals surface area (Å²) < 4.78 is 68.4. The highest BCUT2D eigenvalue weighted by Gasteiger charge is 2.35. The van der Waals surface area contributed by atoms with Crippen LogP contribution in [0.25, 0.3) is 0 Å². The SMILES string of the molecule is COc1ccc(S(=O)(=O)NCCC(=O)Nc2nnc(C(F)(F)F)s2)cc1. The zero-order chi connectivity index (χ0) is 19.4. The lowest BCUT2D eigenvalue weighted by molar-refractivity contribution is -0.138. The number of rotatable bonds is 7. The molecule has 0 saturated heterocycles. The number of halogens is 3. The molecule has 0 radical (unpaired) electrons. The lowest BCUT2D eigenvalue weighted by Gasteiger charge is -2.07. The van der Waals surface area contributed by atoms with Crippen LogP contribution in [0.4, 0.5) is 18.3 Å². The maximum atomic E-state index is 12.4. The van der Waals surface area contributed by atoms with Gasteiger partial charge in [0.15, 0.2) is 0 Å². The second-order valence-corrected chi connectivity index (χ2v) is 7.53. The molecule has 0 aliphatic carbocycles. The van der Waals surface area contributed by atoms with Gasteiger partial charge < -0.3 is 10.1 Å². The van der Waals surface area contributed by atoms with Crippen molar-refractivity contribution >= 4 is 32.4 Å². The van der Waals surface area contributed by atoms with Gasteiger partial charge in [0.2, 0.25) is 26.1 Å². The molecule has 2 aromatic rings. The Morgan fingerprint density at radius 1 is 1.23 bits per heavy atom. The Kier molecular flexibility index (Phi) is 6.15. The molecule has 1 aromatic heterocycles. The van der Waals surface area contributed by atoms with E-state index < -0.39 is 27.1 Å². The lowest BCUT2D eigenvalue weighted by atomic mass is 10.3. The molecule has 8 nitrogen and oxygen atoms in total. The maximum absolute atomic E-state index is 12.4. The van der Waals surface area contributed by atoms with Crippen molar-refractivity contribution in [3.63, 3.8) is 0 Å². The predicted molar refractivity (Wildman–Crippen MR) is 86.3 cm³/mol. The van der Waals surface area contributed by atoms with Crippen LogP contribution in [0.2, 0.25) is 0 Å². The minimum atomic E-state index is -4.64. The second-order valence-electron chi connectivity index (χ2n) is 4.78. The van der Waals surface area contributed by atoms with E-state index >= 15 is 0 Å². The molecule has 1 heterocycles. The Morgan fingerprint density at radius 2 is 1.88 bits per heavy atom. The molecule has 1 aromatic carbocycles. The molecule has 0 bridgehead atoms. The number of sulfonamides is 1. The normalized spacial score (nSPS) is 12.0. The minimum Gasteiger partial charge on any atom is -0.497 e. The van der Waals surface area contributed by atoms with E-state index in [4.69, 9.17) is 4.74 Å². The van der Waals surface area contributed by atoms with Gasteiger partial charge in [0.05, 0.1) is 12.0 Å². The molecule has 0 spiro atoms. The quantitative estimate of drug-likeness (QED) is 0.721. The third-order valence-corrected chi connectivity index (χ3v) is 5.29. The first-order valence-corrected chi connectivity index (χ1v) is 9.26. The fourth-order valence-electron chi connectivity index (χ4n) is 1.71. The number of nitrogens with one attached hydrogen (secondary N) is 2. The summed E-state index contributed by atoms with van der Waals surface area (Å²) in [7, 11) is -2.39. The average molecular weight is 410 g/mol. The van der Waals surface area contributed by atoms with Gasteiger partial charge in [0.1, 0.15) is 5.75 Å². The summed E-state index contributed by atoms with van der Waals surface area (Å²) in [5, 5.41) is 6.75. The summed E-state index contributed by atoms with van der Waals surface area (Å²) in [4.78, 5) is 11.7. The van der Waals surface area contributed by atoms with E-state index in [0.29, 0.717) is 5.75 Å². The third-order valence-electron chi connectivity index (χ3n) is 2.93. The molecule has 2 rings (SSSR count). The highest BCUT2D eigenvalue weighted by molar-refractivity contribution is 7.89. The van der Waals surface area contributed by atoms with Crippen LogP contribution in [0.3, 0.4) is 0 Å². The summed E-state index contributed by atoms with van der Waals surface area (Å²) in [6, 6.07) is 5.60. The number of ether oxygens (including phenoxy) is 1. The zero-order valence-electron chi connectivity index (χ0n) is 13.2. The van der Waals surface area contributed by atoms with Gasteiger partial charge in [-0.2, -0.15) is 13.2 Å². The van der Waals surface area contributed by atoms with Gasteiger partial charge in [-0.05, 0) is 24.3 Å². The Hall–Kier alpha value is -2.25. The van der Waals surface area contributed by atoms with Crippen molar-refractivity contribution in [2.24, 2.45) is 0 Å². The summed E-state index contributed by atoms with van der Waals surface area (Å²) >= 11 is 0.178. The molecule has 0 atom stereocenters. The first kappa shape index (κ1) is 20.1. The monoisotopic (exact) mass is 410 g/mol. The number of anilines is 1. The van der Waals surface area contributed by atoms with Gasteiger partial charge in [-0.1, -0.05) is 11.3 Å². The summed E-state index contributed by atoms with van der Waals surface area (Å²) in [5.41, 5.74) is 0. The second kappa shape index (κ2) is 7.97. The van der Waals surface area contributed by atoms with Crippen LogP contribution in [-0.4, -0.2) is 38.2 Å². The predicted octanol–water partition coefficient (Wildman–Crippen LogP) is 1.87. The number of aromatic nitrogens is 2. The molecular weight excluding hydrogens is 397 g/mol. The Bertz CT molecular complexity index is 866.